The first-order chi connectivity index (χ1) is 11.4. The molecule has 0 amide bonds. The summed E-state index contributed by atoms with van der Waals surface area (Å²) in [7, 11) is 0. The number of rotatable bonds is 7. The average Bonchev–Trinajstić information content (AvgIpc) is 2.50. The fraction of sp³-hybridized carbons (Fsp3) is 0.789. The smallest absolute Gasteiger partial charge is 0.349 e. The van der Waals surface area contributed by atoms with Crippen LogP contribution in [0.2, 0.25) is 0 Å². The van der Waals surface area contributed by atoms with Crippen molar-refractivity contribution in [2.45, 2.75) is 70.5 Å². The van der Waals surface area contributed by atoms with E-state index in [9.17, 15) is 9.59 Å². The summed E-state index contributed by atoms with van der Waals surface area (Å²) in [4.78, 5) is 23.7. The van der Waals surface area contributed by atoms with Crippen LogP contribution in [-0.4, -0.2) is 30.4 Å². The Kier molecular flexibility index (Phi) is 5.00. The Labute approximate surface area is 143 Å². The standard InChI is InChI=1S/C19H28O5/c1-4-16(24-17(20)12(2)3)18(21)22-11-23-19-8-13-5-14(9-19)7-15(6-13)10-19/h13-16H,2,4-11H2,1,3H3. The van der Waals surface area contributed by atoms with Crippen LogP contribution in [0.3, 0.4) is 0 Å². The van der Waals surface area contributed by atoms with Gasteiger partial charge in [-0.15, -0.1) is 0 Å². The predicted octanol–water partition coefficient (Wildman–Crippen LogP) is 3.37. The van der Waals surface area contributed by atoms with Gasteiger partial charge in [-0.1, -0.05) is 13.5 Å². The van der Waals surface area contributed by atoms with E-state index < -0.39 is 18.0 Å². The zero-order valence-electron chi connectivity index (χ0n) is 14.7. The fourth-order valence-corrected chi connectivity index (χ4v) is 5.04. The van der Waals surface area contributed by atoms with Crippen molar-refractivity contribution >= 4 is 11.9 Å². The highest BCUT2D eigenvalue weighted by Crippen LogP contribution is 2.57. The third-order valence-electron chi connectivity index (χ3n) is 5.78. The second-order valence-electron chi connectivity index (χ2n) is 7.91. The summed E-state index contributed by atoms with van der Waals surface area (Å²) < 4.78 is 16.4. The van der Waals surface area contributed by atoms with Crippen molar-refractivity contribution in [1.29, 1.82) is 0 Å². The van der Waals surface area contributed by atoms with E-state index in [0.717, 1.165) is 37.0 Å². The highest BCUT2D eigenvalue weighted by Gasteiger charge is 2.51. The van der Waals surface area contributed by atoms with Gasteiger partial charge in [0.05, 0.1) is 5.60 Å². The predicted molar refractivity (Wildman–Crippen MR) is 87.9 cm³/mol. The first-order valence-corrected chi connectivity index (χ1v) is 9.08. The molecule has 0 heterocycles. The molecule has 0 radical (unpaired) electrons. The van der Waals surface area contributed by atoms with Crippen LogP contribution in [0.5, 0.6) is 0 Å². The third-order valence-corrected chi connectivity index (χ3v) is 5.78. The summed E-state index contributed by atoms with van der Waals surface area (Å²) in [6.07, 6.45) is 6.80. The lowest BCUT2D eigenvalue weighted by Crippen LogP contribution is -2.52. The topological polar surface area (TPSA) is 61.8 Å². The van der Waals surface area contributed by atoms with E-state index in [1.54, 1.807) is 13.8 Å². The van der Waals surface area contributed by atoms with Crippen molar-refractivity contribution in [3.05, 3.63) is 12.2 Å². The number of carbonyl (C=O) groups excluding carboxylic acids is 2. The molecule has 5 heteroatoms. The third kappa shape index (κ3) is 3.66. The second-order valence-corrected chi connectivity index (χ2v) is 7.91. The van der Waals surface area contributed by atoms with E-state index in [1.807, 2.05) is 0 Å². The van der Waals surface area contributed by atoms with E-state index in [1.165, 1.54) is 19.3 Å². The van der Waals surface area contributed by atoms with Crippen LogP contribution in [0.25, 0.3) is 0 Å². The molecule has 0 aromatic carbocycles. The van der Waals surface area contributed by atoms with Crippen LogP contribution >= 0.6 is 0 Å². The first-order valence-electron chi connectivity index (χ1n) is 9.08. The van der Waals surface area contributed by atoms with Crippen molar-refractivity contribution in [3.63, 3.8) is 0 Å². The summed E-state index contributed by atoms with van der Waals surface area (Å²) in [5.41, 5.74) is 0.177. The van der Waals surface area contributed by atoms with Gasteiger partial charge in [0.15, 0.2) is 12.9 Å². The van der Waals surface area contributed by atoms with Gasteiger partial charge in [0, 0.05) is 5.57 Å². The van der Waals surface area contributed by atoms with Gasteiger partial charge in [-0.3, -0.25) is 0 Å². The lowest BCUT2D eigenvalue weighted by Gasteiger charge is -2.56. The zero-order chi connectivity index (χ0) is 17.3. The Morgan fingerprint density at radius 3 is 2.12 bits per heavy atom. The Balaban J connectivity index is 1.48. The van der Waals surface area contributed by atoms with Crippen molar-refractivity contribution in [1.82, 2.24) is 0 Å². The van der Waals surface area contributed by atoms with Crippen molar-refractivity contribution in [2.75, 3.05) is 6.79 Å². The molecule has 5 nitrogen and oxygen atoms in total. The summed E-state index contributed by atoms with van der Waals surface area (Å²) >= 11 is 0. The number of carbonyl (C=O) groups is 2. The molecule has 4 aliphatic rings. The molecule has 4 rings (SSSR count). The minimum absolute atomic E-state index is 0.0495. The van der Waals surface area contributed by atoms with Gasteiger partial charge in [-0.25, -0.2) is 9.59 Å². The van der Waals surface area contributed by atoms with Crippen LogP contribution in [0.1, 0.15) is 58.8 Å². The summed E-state index contributed by atoms with van der Waals surface area (Å²) in [6.45, 7) is 6.80. The largest absolute Gasteiger partial charge is 0.447 e. The highest BCUT2D eigenvalue weighted by molar-refractivity contribution is 5.89. The number of hydrogen-bond acceptors (Lipinski definition) is 5. The highest BCUT2D eigenvalue weighted by atomic mass is 16.7. The number of esters is 2. The molecule has 1 atom stereocenters. The van der Waals surface area contributed by atoms with Gasteiger partial charge < -0.3 is 14.2 Å². The molecule has 4 aliphatic carbocycles. The zero-order valence-corrected chi connectivity index (χ0v) is 14.7. The minimum atomic E-state index is -0.894. The quantitative estimate of drug-likeness (QED) is 0.405. The molecule has 0 aromatic rings. The summed E-state index contributed by atoms with van der Waals surface area (Å²) in [6, 6.07) is 0. The Morgan fingerprint density at radius 1 is 1.12 bits per heavy atom. The van der Waals surface area contributed by atoms with Gasteiger partial charge in [0.1, 0.15) is 0 Å². The summed E-state index contributed by atoms with van der Waals surface area (Å²) in [5.74, 6) is 1.24. The lowest BCUT2D eigenvalue weighted by molar-refractivity contribution is -0.215. The molecule has 0 spiro atoms. The molecule has 4 saturated carbocycles. The van der Waals surface area contributed by atoms with Crippen LogP contribution < -0.4 is 0 Å². The molecule has 4 bridgehead atoms. The van der Waals surface area contributed by atoms with Crippen molar-refractivity contribution in [2.24, 2.45) is 17.8 Å². The maximum absolute atomic E-state index is 12.1. The SMILES string of the molecule is C=C(C)C(=O)OC(CC)C(=O)OCOC12CC3CC(CC(C3)C1)C2. The van der Waals surface area contributed by atoms with Crippen molar-refractivity contribution in [3.8, 4) is 0 Å². The normalized spacial score (nSPS) is 34.7. The summed E-state index contributed by atoms with van der Waals surface area (Å²) in [5, 5.41) is 0. The maximum Gasteiger partial charge on any atom is 0.349 e. The molecule has 24 heavy (non-hydrogen) atoms. The molecule has 0 aliphatic heterocycles. The Morgan fingerprint density at radius 2 is 1.67 bits per heavy atom. The number of ether oxygens (including phenoxy) is 3. The van der Waals surface area contributed by atoms with Crippen LogP contribution in [0.4, 0.5) is 0 Å². The molecule has 134 valence electrons. The average molecular weight is 336 g/mol. The lowest BCUT2D eigenvalue weighted by atomic mass is 9.54. The van der Waals surface area contributed by atoms with E-state index in [0.29, 0.717) is 6.42 Å². The Hall–Kier alpha value is -1.36. The molecular weight excluding hydrogens is 308 g/mol. The van der Waals surface area contributed by atoms with Gasteiger partial charge in [-0.05, 0) is 69.6 Å². The Bertz CT molecular complexity index is 489. The van der Waals surface area contributed by atoms with Gasteiger partial charge >= 0.3 is 11.9 Å². The van der Waals surface area contributed by atoms with Gasteiger partial charge in [-0.2, -0.15) is 0 Å². The fourth-order valence-electron chi connectivity index (χ4n) is 5.04. The van der Waals surface area contributed by atoms with Gasteiger partial charge in [0.25, 0.3) is 0 Å². The minimum Gasteiger partial charge on any atom is -0.447 e. The van der Waals surface area contributed by atoms with Crippen LogP contribution in [-0.2, 0) is 23.8 Å². The molecule has 1 unspecified atom stereocenters. The van der Waals surface area contributed by atoms with Crippen molar-refractivity contribution < 1.29 is 23.8 Å². The van der Waals surface area contributed by atoms with Crippen LogP contribution in [0, 0.1) is 17.8 Å². The van der Waals surface area contributed by atoms with E-state index in [-0.39, 0.29) is 18.0 Å². The monoisotopic (exact) mass is 336 g/mol. The van der Waals surface area contributed by atoms with E-state index in [4.69, 9.17) is 14.2 Å². The molecular formula is C19H28O5. The first kappa shape index (κ1) is 17.5. The van der Waals surface area contributed by atoms with E-state index >= 15 is 0 Å². The number of hydrogen-bond donors (Lipinski definition) is 0. The maximum atomic E-state index is 12.1. The second kappa shape index (κ2) is 6.87. The molecule has 0 aromatic heterocycles. The van der Waals surface area contributed by atoms with E-state index in [2.05, 4.69) is 6.58 Å². The molecule has 0 N–H and O–H groups in total. The molecule has 4 fully saturated rings. The molecule has 0 saturated heterocycles. The van der Waals surface area contributed by atoms with Crippen LogP contribution in [0.15, 0.2) is 12.2 Å². The van der Waals surface area contributed by atoms with Gasteiger partial charge in [0.2, 0.25) is 0 Å².